The molecule has 0 aliphatic rings. The van der Waals surface area contributed by atoms with E-state index in [4.69, 9.17) is 21.5 Å². The van der Waals surface area contributed by atoms with Gasteiger partial charge in [-0.15, -0.1) is 0 Å². The van der Waals surface area contributed by atoms with Crippen LogP contribution in [-0.4, -0.2) is 24.5 Å². The Kier molecular flexibility index (Phi) is 6.40. The molecule has 210 valence electrons. The van der Waals surface area contributed by atoms with Crippen molar-refractivity contribution < 1.29 is 0 Å². The van der Waals surface area contributed by atoms with Gasteiger partial charge in [0.25, 0.3) is 0 Å². The SMILES string of the molecule is [C-]#[N+]c1ccc2c(c1)c1cc(-c3ccc(-c4nc(-c5ccccc5)nc(-c5ccccc5)n4)cc3)ccc1n2-c1cccnc1. The number of pyridine rings is 1. The van der Waals surface area contributed by atoms with Crippen LogP contribution < -0.4 is 0 Å². The van der Waals surface area contributed by atoms with Gasteiger partial charge in [0.1, 0.15) is 0 Å². The summed E-state index contributed by atoms with van der Waals surface area (Å²) in [5.74, 6) is 1.89. The lowest BCUT2D eigenvalue weighted by molar-refractivity contribution is 1.07. The third kappa shape index (κ3) is 4.79. The van der Waals surface area contributed by atoms with E-state index < -0.39 is 0 Å². The monoisotopic (exact) mass is 576 g/mol. The maximum absolute atomic E-state index is 7.58. The van der Waals surface area contributed by atoms with Crippen molar-refractivity contribution >= 4 is 27.5 Å². The smallest absolute Gasteiger partial charge is 0.188 e. The van der Waals surface area contributed by atoms with Gasteiger partial charge in [0.15, 0.2) is 23.2 Å². The molecule has 0 N–H and O–H groups in total. The first-order valence-electron chi connectivity index (χ1n) is 14.6. The van der Waals surface area contributed by atoms with Crippen LogP contribution >= 0.6 is 0 Å². The molecule has 0 saturated heterocycles. The highest BCUT2D eigenvalue weighted by molar-refractivity contribution is 6.11. The molecular weight excluding hydrogens is 552 g/mol. The minimum atomic E-state index is 0.615. The van der Waals surface area contributed by atoms with Crippen molar-refractivity contribution in [2.24, 2.45) is 0 Å². The normalized spacial score (nSPS) is 11.1. The first-order valence-corrected chi connectivity index (χ1v) is 14.6. The molecule has 0 radical (unpaired) electrons. The summed E-state index contributed by atoms with van der Waals surface area (Å²) in [6.07, 6.45) is 3.64. The Bertz CT molecular complexity index is 2300. The van der Waals surface area contributed by atoms with E-state index in [1.54, 1.807) is 6.20 Å². The van der Waals surface area contributed by atoms with E-state index >= 15 is 0 Å². The fraction of sp³-hybridized carbons (Fsp3) is 0. The van der Waals surface area contributed by atoms with Crippen molar-refractivity contribution in [3.8, 4) is 51.0 Å². The van der Waals surface area contributed by atoms with Crippen LogP contribution in [0.15, 0.2) is 146 Å². The second-order valence-electron chi connectivity index (χ2n) is 10.7. The molecule has 0 amide bonds. The topological polar surface area (TPSA) is 60.9 Å². The highest BCUT2D eigenvalue weighted by Gasteiger charge is 2.15. The molecule has 8 rings (SSSR count). The lowest BCUT2D eigenvalue weighted by Crippen LogP contribution is -2.00. The second kappa shape index (κ2) is 11.0. The Balaban J connectivity index is 1.22. The van der Waals surface area contributed by atoms with Crippen molar-refractivity contribution in [1.82, 2.24) is 24.5 Å². The third-order valence-corrected chi connectivity index (χ3v) is 7.96. The van der Waals surface area contributed by atoms with Crippen LogP contribution in [0.5, 0.6) is 0 Å². The highest BCUT2D eigenvalue weighted by Crippen LogP contribution is 2.37. The van der Waals surface area contributed by atoms with E-state index in [-0.39, 0.29) is 0 Å². The first-order chi connectivity index (χ1) is 22.2. The predicted octanol–water partition coefficient (Wildman–Crippen LogP) is 9.58. The van der Waals surface area contributed by atoms with Crippen molar-refractivity contribution in [1.29, 1.82) is 0 Å². The molecule has 0 unspecified atom stereocenters. The number of benzene rings is 5. The standard InChI is InChI=1S/C39H24N6/c1-40-31-19-21-36-34(24-31)33-23-30(18-20-35(33)45(36)32-13-8-22-41-25-32)26-14-16-29(17-15-26)39-43-37(27-9-4-2-5-10-27)42-38(44-39)28-11-6-3-7-12-28/h2-25H. The molecule has 3 aromatic heterocycles. The van der Waals surface area contributed by atoms with Crippen LogP contribution in [0.3, 0.4) is 0 Å². The first kappa shape index (κ1) is 26.2. The molecule has 0 saturated carbocycles. The molecule has 0 aliphatic heterocycles. The van der Waals surface area contributed by atoms with Crippen molar-refractivity contribution in [2.45, 2.75) is 0 Å². The second-order valence-corrected chi connectivity index (χ2v) is 10.7. The molecule has 3 heterocycles. The van der Waals surface area contributed by atoms with E-state index in [9.17, 15) is 0 Å². The summed E-state index contributed by atoms with van der Waals surface area (Å²) in [5, 5.41) is 2.12. The number of nitrogens with zero attached hydrogens (tertiary/aromatic N) is 6. The molecule has 0 bridgehead atoms. The Hall–Kier alpha value is -6.45. The molecule has 0 fully saturated rings. The van der Waals surface area contributed by atoms with Gasteiger partial charge in [0.2, 0.25) is 0 Å². The Labute approximate surface area is 259 Å². The molecule has 0 atom stereocenters. The lowest BCUT2D eigenvalue weighted by Gasteiger charge is -2.09. The zero-order valence-electron chi connectivity index (χ0n) is 24.0. The molecule has 6 heteroatoms. The summed E-state index contributed by atoms with van der Waals surface area (Å²) in [7, 11) is 0. The molecule has 5 aromatic carbocycles. The maximum Gasteiger partial charge on any atom is 0.188 e. The van der Waals surface area contributed by atoms with Gasteiger partial charge in [-0.1, -0.05) is 97.1 Å². The summed E-state index contributed by atoms with van der Waals surface area (Å²) >= 11 is 0. The summed E-state index contributed by atoms with van der Waals surface area (Å²) in [5.41, 5.74) is 8.64. The van der Waals surface area contributed by atoms with Gasteiger partial charge in [-0.2, -0.15) is 0 Å². The van der Waals surface area contributed by atoms with Gasteiger partial charge in [0.05, 0.1) is 29.5 Å². The van der Waals surface area contributed by atoms with E-state index in [1.165, 1.54) is 0 Å². The van der Waals surface area contributed by atoms with E-state index in [2.05, 4.69) is 62.9 Å². The molecule has 0 aliphatic carbocycles. The van der Waals surface area contributed by atoms with Gasteiger partial charge < -0.3 is 4.57 Å². The molecular formula is C39H24N6. The lowest BCUT2D eigenvalue weighted by atomic mass is 10.0. The Morgan fingerprint density at radius 1 is 0.489 bits per heavy atom. The average Bonchev–Trinajstić information content (AvgIpc) is 3.45. The van der Waals surface area contributed by atoms with E-state index in [0.717, 1.165) is 55.3 Å². The molecule has 0 spiro atoms. The van der Waals surface area contributed by atoms with Gasteiger partial charge in [-0.3, -0.25) is 4.98 Å². The maximum atomic E-state index is 7.58. The minimum Gasteiger partial charge on any atom is -0.308 e. The summed E-state index contributed by atoms with van der Waals surface area (Å²) < 4.78 is 2.20. The van der Waals surface area contributed by atoms with E-state index in [0.29, 0.717) is 23.2 Å². The third-order valence-electron chi connectivity index (χ3n) is 7.96. The van der Waals surface area contributed by atoms with Gasteiger partial charge >= 0.3 is 0 Å². The van der Waals surface area contributed by atoms with Crippen LogP contribution in [0.2, 0.25) is 0 Å². The largest absolute Gasteiger partial charge is 0.308 e. The predicted molar refractivity (Wildman–Crippen MR) is 180 cm³/mol. The molecule has 8 aromatic rings. The zero-order chi connectivity index (χ0) is 30.2. The summed E-state index contributed by atoms with van der Waals surface area (Å²) in [6, 6.07) is 44.7. The van der Waals surface area contributed by atoms with Gasteiger partial charge in [-0.25, -0.2) is 19.8 Å². The van der Waals surface area contributed by atoms with Crippen molar-refractivity contribution in [3.05, 3.63) is 157 Å². The quantitative estimate of drug-likeness (QED) is 0.191. The van der Waals surface area contributed by atoms with Gasteiger partial charge in [-0.05, 0) is 52.9 Å². The van der Waals surface area contributed by atoms with Gasteiger partial charge in [0, 0.05) is 28.3 Å². The Morgan fingerprint density at radius 3 is 1.60 bits per heavy atom. The van der Waals surface area contributed by atoms with Crippen molar-refractivity contribution in [2.75, 3.05) is 0 Å². The number of hydrogen-bond acceptors (Lipinski definition) is 4. The molecule has 6 nitrogen and oxygen atoms in total. The van der Waals surface area contributed by atoms with Crippen LogP contribution in [0, 0.1) is 6.57 Å². The number of hydrogen-bond donors (Lipinski definition) is 0. The van der Waals surface area contributed by atoms with Crippen LogP contribution in [0.4, 0.5) is 5.69 Å². The number of rotatable bonds is 5. The summed E-state index contributed by atoms with van der Waals surface area (Å²) in [6.45, 7) is 7.58. The number of fused-ring (bicyclic) bond motifs is 3. The Morgan fingerprint density at radius 2 is 1.02 bits per heavy atom. The fourth-order valence-corrected chi connectivity index (χ4v) is 5.77. The minimum absolute atomic E-state index is 0.615. The van der Waals surface area contributed by atoms with Crippen LogP contribution in [0.1, 0.15) is 0 Å². The fourth-order valence-electron chi connectivity index (χ4n) is 5.77. The van der Waals surface area contributed by atoms with Crippen LogP contribution in [0.25, 0.3) is 77.6 Å². The molecule has 45 heavy (non-hydrogen) atoms. The highest BCUT2D eigenvalue weighted by atomic mass is 15.0. The van der Waals surface area contributed by atoms with Crippen LogP contribution in [-0.2, 0) is 0 Å². The zero-order valence-corrected chi connectivity index (χ0v) is 24.0. The summed E-state index contributed by atoms with van der Waals surface area (Å²) in [4.78, 5) is 22.6. The van der Waals surface area contributed by atoms with E-state index in [1.807, 2.05) is 91.1 Å². The van der Waals surface area contributed by atoms with Crippen molar-refractivity contribution in [3.63, 3.8) is 0 Å². The average molecular weight is 577 g/mol. The number of aromatic nitrogens is 5.